The molecule has 4 rings (SSSR count). The van der Waals surface area contributed by atoms with Crippen molar-refractivity contribution >= 4 is 34.1 Å². The summed E-state index contributed by atoms with van der Waals surface area (Å²) < 4.78 is 5.63. The van der Waals surface area contributed by atoms with E-state index in [1.807, 2.05) is 41.8 Å². The smallest absolute Gasteiger partial charge is 0.277 e. The first kappa shape index (κ1) is 12.6. The molecule has 4 aromatic rings. The molecule has 0 aliphatic rings. The van der Waals surface area contributed by atoms with Gasteiger partial charge in [0.2, 0.25) is 0 Å². The Kier molecular flexibility index (Phi) is 3.21. The second-order valence-corrected chi connectivity index (χ2v) is 6.21. The molecule has 0 unspecified atom stereocenters. The molecule has 21 heavy (non-hydrogen) atoms. The Labute approximate surface area is 128 Å². The van der Waals surface area contributed by atoms with Gasteiger partial charge in [0.05, 0.1) is 21.7 Å². The molecular formula is C14H10N4OS2. The van der Waals surface area contributed by atoms with Crippen LogP contribution in [-0.2, 0) is 5.75 Å². The maximum Gasteiger partial charge on any atom is 0.277 e. The predicted octanol–water partition coefficient (Wildman–Crippen LogP) is 3.97. The van der Waals surface area contributed by atoms with Gasteiger partial charge in [-0.2, -0.15) is 0 Å². The maximum atomic E-state index is 5.63. The number of hydrogen-bond acceptors (Lipinski definition) is 6. The summed E-state index contributed by atoms with van der Waals surface area (Å²) in [4.78, 5) is 8.79. The molecule has 1 aromatic carbocycles. The molecule has 0 bridgehead atoms. The van der Waals surface area contributed by atoms with Crippen LogP contribution in [0, 0.1) is 0 Å². The van der Waals surface area contributed by atoms with Crippen molar-refractivity contribution in [1.29, 1.82) is 0 Å². The van der Waals surface area contributed by atoms with Crippen LogP contribution in [0.1, 0.15) is 5.82 Å². The van der Waals surface area contributed by atoms with Gasteiger partial charge in [0.25, 0.3) is 11.1 Å². The third-order valence-corrected chi connectivity index (χ3v) is 4.60. The standard InChI is InChI=1S/C14H10N4OS2/c1-2-5-10-9(4-1)15-12(16-10)8-21-14-18-17-13(19-14)11-6-3-7-20-11/h1-7H,8H2,(H,15,16). The zero-order chi connectivity index (χ0) is 14.1. The van der Waals surface area contributed by atoms with Crippen LogP contribution < -0.4 is 0 Å². The van der Waals surface area contributed by atoms with E-state index in [4.69, 9.17) is 4.42 Å². The first-order chi connectivity index (χ1) is 10.4. The van der Waals surface area contributed by atoms with E-state index in [-0.39, 0.29) is 0 Å². The number of imidazole rings is 1. The minimum absolute atomic E-state index is 0.554. The number of thioether (sulfide) groups is 1. The molecule has 5 nitrogen and oxygen atoms in total. The minimum atomic E-state index is 0.554. The molecular weight excluding hydrogens is 304 g/mol. The molecule has 0 amide bonds. The van der Waals surface area contributed by atoms with E-state index in [1.54, 1.807) is 11.3 Å². The van der Waals surface area contributed by atoms with Gasteiger partial charge in [0.1, 0.15) is 5.82 Å². The van der Waals surface area contributed by atoms with E-state index in [0.29, 0.717) is 16.9 Å². The summed E-state index contributed by atoms with van der Waals surface area (Å²) in [5.41, 5.74) is 2.01. The van der Waals surface area contributed by atoms with Gasteiger partial charge < -0.3 is 9.40 Å². The number of aromatic nitrogens is 4. The monoisotopic (exact) mass is 314 g/mol. The summed E-state index contributed by atoms with van der Waals surface area (Å²) in [5, 5.41) is 10.6. The van der Waals surface area contributed by atoms with Crippen LogP contribution in [0.25, 0.3) is 21.8 Å². The largest absolute Gasteiger partial charge is 0.410 e. The zero-order valence-corrected chi connectivity index (χ0v) is 12.4. The molecule has 0 radical (unpaired) electrons. The van der Waals surface area contributed by atoms with Crippen LogP contribution in [0.2, 0.25) is 0 Å². The van der Waals surface area contributed by atoms with Crippen LogP contribution >= 0.6 is 23.1 Å². The van der Waals surface area contributed by atoms with Crippen LogP contribution in [0.5, 0.6) is 0 Å². The van der Waals surface area contributed by atoms with Crippen LogP contribution in [0.3, 0.4) is 0 Å². The Morgan fingerprint density at radius 3 is 2.95 bits per heavy atom. The molecule has 104 valence electrons. The number of H-pyrrole nitrogens is 1. The Morgan fingerprint density at radius 2 is 2.10 bits per heavy atom. The highest BCUT2D eigenvalue weighted by molar-refractivity contribution is 7.98. The van der Waals surface area contributed by atoms with Gasteiger partial charge in [-0.05, 0) is 23.6 Å². The molecule has 0 saturated carbocycles. The lowest BCUT2D eigenvalue weighted by Crippen LogP contribution is -1.83. The zero-order valence-electron chi connectivity index (χ0n) is 10.8. The van der Waals surface area contributed by atoms with Gasteiger partial charge in [0.15, 0.2) is 0 Å². The number of nitrogens with zero attached hydrogens (tertiary/aromatic N) is 3. The van der Waals surface area contributed by atoms with Gasteiger partial charge in [-0.1, -0.05) is 30.0 Å². The Hall–Kier alpha value is -2.12. The van der Waals surface area contributed by atoms with E-state index in [1.165, 1.54) is 11.8 Å². The van der Waals surface area contributed by atoms with Crippen molar-refractivity contribution in [3.05, 3.63) is 47.6 Å². The summed E-state index contributed by atoms with van der Waals surface area (Å²) >= 11 is 3.06. The first-order valence-corrected chi connectivity index (χ1v) is 8.19. The lowest BCUT2D eigenvalue weighted by molar-refractivity contribution is 0.466. The summed E-state index contributed by atoms with van der Waals surface area (Å²) in [6.45, 7) is 0. The maximum absolute atomic E-state index is 5.63. The van der Waals surface area contributed by atoms with E-state index < -0.39 is 0 Å². The minimum Gasteiger partial charge on any atom is -0.410 e. The number of thiophene rings is 1. The van der Waals surface area contributed by atoms with Crippen LogP contribution in [0.15, 0.2) is 51.4 Å². The van der Waals surface area contributed by atoms with E-state index >= 15 is 0 Å². The number of benzene rings is 1. The Morgan fingerprint density at radius 1 is 1.14 bits per heavy atom. The number of aromatic amines is 1. The van der Waals surface area contributed by atoms with Crippen molar-refractivity contribution in [1.82, 2.24) is 20.2 Å². The van der Waals surface area contributed by atoms with Crippen LogP contribution in [-0.4, -0.2) is 20.2 Å². The molecule has 3 aromatic heterocycles. The number of para-hydroxylation sites is 2. The molecule has 1 N–H and O–H groups in total. The van der Waals surface area contributed by atoms with Gasteiger partial charge in [-0.25, -0.2) is 4.98 Å². The summed E-state index contributed by atoms with van der Waals surface area (Å²) in [6, 6.07) is 11.9. The highest BCUT2D eigenvalue weighted by Crippen LogP contribution is 2.27. The van der Waals surface area contributed by atoms with Gasteiger partial charge in [0, 0.05) is 0 Å². The van der Waals surface area contributed by atoms with Crippen molar-refractivity contribution in [2.45, 2.75) is 11.0 Å². The van der Waals surface area contributed by atoms with Gasteiger partial charge in [-0.15, -0.1) is 21.5 Å². The van der Waals surface area contributed by atoms with Crippen molar-refractivity contribution < 1.29 is 4.42 Å². The molecule has 0 spiro atoms. The van der Waals surface area contributed by atoms with E-state index in [0.717, 1.165) is 21.7 Å². The van der Waals surface area contributed by atoms with Crippen molar-refractivity contribution in [3.63, 3.8) is 0 Å². The third-order valence-electron chi connectivity index (χ3n) is 2.91. The predicted molar refractivity (Wildman–Crippen MR) is 83.3 cm³/mol. The fourth-order valence-electron chi connectivity index (χ4n) is 1.97. The number of rotatable bonds is 4. The third kappa shape index (κ3) is 2.57. The molecule has 0 atom stereocenters. The topological polar surface area (TPSA) is 67.6 Å². The summed E-state index contributed by atoms with van der Waals surface area (Å²) in [7, 11) is 0. The lowest BCUT2D eigenvalue weighted by atomic mass is 10.3. The SMILES string of the molecule is c1csc(-c2nnc(SCc3nc4ccccc4[nH]3)o2)c1. The molecule has 0 saturated heterocycles. The van der Waals surface area contributed by atoms with Crippen LogP contribution in [0.4, 0.5) is 0 Å². The summed E-state index contributed by atoms with van der Waals surface area (Å²) in [5.74, 6) is 2.13. The Bertz CT molecular complexity index is 833. The highest BCUT2D eigenvalue weighted by atomic mass is 32.2. The van der Waals surface area contributed by atoms with Gasteiger partial charge >= 0.3 is 0 Å². The quantitative estimate of drug-likeness (QED) is 0.577. The highest BCUT2D eigenvalue weighted by Gasteiger charge is 2.11. The number of fused-ring (bicyclic) bond motifs is 1. The van der Waals surface area contributed by atoms with Crippen molar-refractivity contribution in [2.24, 2.45) is 0 Å². The normalized spacial score (nSPS) is 11.2. The molecule has 7 heteroatoms. The lowest BCUT2D eigenvalue weighted by Gasteiger charge is -1.91. The fraction of sp³-hybridized carbons (Fsp3) is 0.0714. The fourth-order valence-corrected chi connectivity index (χ4v) is 3.25. The number of nitrogens with one attached hydrogen (secondary N) is 1. The van der Waals surface area contributed by atoms with E-state index in [2.05, 4.69) is 20.2 Å². The second-order valence-electron chi connectivity index (χ2n) is 4.34. The Balaban J connectivity index is 1.49. The van der Waals surface area contributed by atoms with E-state index in [9.17, 15) is 0 Å². The number of hydrogen-bond donors (Lipinski definition) is 1. The summed E-state index contributed by atoms with van der Waals surface area (Å²) in [6.07, 6.45) is 0. The molecule has 0 fully saturated rings. The molecule has 0 aliphatic carbocycles. The second kappa shape index (κ2) is 5.34. The van der Waals surface area contributed by atoms with Crippen molar-refractivity contribution in [3.8, 4) is 10.8 Å². The van der Waals surface area contributed by atoms with Crippen molar-refractivity contribution in [2.75, 3.05) is 0 Å². The average molecular weight is 314 g/mol. The molecule has 0 aliphatic heterocycles. The van der Waals surface area contributed by atoms with Gasteiger partial charge in [-0.3, -0.25) is 0 Å². The average Bonchev–Trinajstić information content (AvgIpc) is 3.23. The first-order valence-electron chi connectivity index (χ1n) is 6.32. The molecule has 3 heterocycles.